The van der Waals surface area contributed by atoms with Crippen LogP contribution in [-0.4, -0.2) is 24.9 Å². The molecule has 31 heavy (non-hydrogen) atoms. The molecule has 0 aromatic heterocycles. The third kappa shape index (κ3) is 2.29. The Hall–Kier alpha value is -3.73. The van der Waals surface area contributed by atoms with Gasteiger partial charge in [-0.1, -0.05) is 54.6 Å². The smallest absolute Gasteiger partial charge is 0.337 e. The Labute approximate surface area is 179 Å². The van der Waals surface area contributed by atoms with E-state index in [-0.39, 0.29) is 23.7 Å². The van der Waals surface area contributed by atoms with E-state index in [1.165, 1.54) is 12.0 Å². The summed E-state index contributed by atoms with van der Waals surface area (Å²) in [6.45, 7) is 0. The zero-order valence-electron chi connectivity index (χ0n) is 16.8. The zero-order valence-corrected chi connectivity index (χ0v) is 16.8. The van der Waals surface area contributed by atoms with Crippen LogP contribution in [0.3, 0.4) is 0 Å². The van der Waals surface area contributed by atoms with Crippen LogP contribution in [0.25, 0.3) is 0 Å². The van der Waals surface area contributed by atoms with Crippen molar-refractivity contribution in [1.29, 1.82) is 0 Å². The number of benzene rings is 3. The van der Waals surface area contributed by atoms with Crippen LogP contribution < -0.4 is 4.90 Å². The summed E-state index contributed by atoms with van der Waals surface area (Å²) in [6, 6.07) is 22.8. The topological polar surface area (TPSA) is 63.7 Å². The molecule has 0 N–H and O–H groups in total. The number of methoxy groups -OCH3 is 1. The number of anilines is 1. The molecule has 5 heteroatoms. The van der Waals surface area contributed by atoms with Crippen LogP contribution in [0.1, 0.15) is 44.4 Å². The summed E-state index contributed by atoms with van der Waals surface area (Å²) >= 11 is 0. The lowest BCUT2D eigenvalue weighted by Gasteiger charge is -2.45. The highest BCUT2D eigenvalue weighted by atomic mass is 16.5. The molecule has 3 aliphatic carbocycles. The van der Waals surface area contributed by atoms with Gasteiger partial charge in [0.25, 0.3) is 0 Å². The summed E-state index contributed by atoms with van der Waals surface area (Å²) in [5.74, 6) is -2.07. The van der Waals surface area contributed by atoms with Crippen LogP contribution in [-0.2, 0) is 14.3 Å². The molecular formula is C26H19NO4. The summed E-state index contributed by atoms with van der Waals surface area (Å²) in [5, 5.41) is 0. The van der Waals surface area contributed by atoms with Crippen molar-refractivity contribution in [2.24, 2.45) is 11.8 Å². The Kier molecular flexibility index (Phi) is 3.72. The van der Waals surface area contributed by atoms with Crippen LogP contribution in [0.15, 0.2) is 72.8 Å². The molecule has 4 aliphatic rings. The van der Waals surface area contributed by atoms with E-state index in [0.717, 1.165) is 22.3 Å². The second-order valence-electron chi connectivity index (χ2n) is 8.32. The van der Waals surface area contributed by atoms with E-state index in [9.17, 15) is 14.4 Å². The molecule has 0 radical (unpaired) electrons. The first-order valence-electron chi connectivity index (χ1n) is 10.4. The molecule has 0 saturated carbocycles. The monoisotopic (exact) mass is 409 g/mol. The third-order valence-electron chi connectivity index (χ3n) is 6.97. The van der Waals surface area contributed by atoms with Crippen molar-refractivity contribution in [3.63, 3.8) is 0 Å². The number of amides is 2. The second kappa shape index (κ2) is 6.38. The lowest BCUT2D eigenvalue weighted by Crippen LogP contribution is -2.41. The lowest BCUT2D eigenvalue weighted by atomic mass is 9.55. The lowest BCUT2D eigenvalue weighted by molar-refractivity contribution is -0.122. The summed E-state index contributed by atoms with van der Waals surface area (Å²) in [5.41, 5.74) is 5.28. The van der Waals surface area contributed by atoms with E-state index in [1.54, 1.807) is 24.3 Å². The number of ether oxygens (including phenoxy) is 1. The van der Waals surface area contributed by atoms with Crippen molar-refractivity contribution in [3.05, 3.63) is 101 Å². The van der Waals surface area contributed by atoms with Gasteiger partial charge >= 0.3 is 5.97 Å². The Morgan fingerprint density at radius 1 is 0.742 bits per heavy atom. The molecule has 0 spiro atoms. The molecule has 1 saturated heterocycles. The van der Waals surface area contributed by atoms with Crippen molar-refractivity contribution in [1.82, 2.24) is 0 Å². The van der Waals surface area contributed by atoms with Crippen molar-refractivity contribution >= 4 is 23.5 Å². The molecular weight excluding hydrogens is 390 g/mol. The summed E-state index contributed by atoms with van der Waals surface area (Å²) in [6.07, 6.45) is 0. The molecule has 152 valence electrons. The first-order valence-corrected chi connectivity index (χ1v) is 10.4. The number of hydrogen-bond donors (Lipinski definition) is 0. The second-order valence-corrected chi connectivity index (χ2v) is 8.32. The molecule has 0 unspecified atom stereocenters. The molecule has 3 aromatic carbocycles. The Morgan fingerprint density at radius 3 is 1.68 bits per heavy atom. The third-order valence-corrected chi connectivity index (χ3v) is 6.97. The quantitative estimate of drug-likeness (QED) is 0.476. The minimum atomic E-state index is -0.502. The fraction of sp³-hybridized carbons (Fsp3) is 0.192. The number of esters is 1. The van der Waals surface area contributed by atoms with Crippen molar-refractivity contribution in [3.8, 4) is 0 Å². The Bertz CT molecular complexity index is 1160. The maximum atomic E-state index is 13.7. The maximum Gasteiger partial charge on any atom is 0.337 e. The number of nitrogens with zero attached hydrogens (tertiary/aromatic N) is 1. The average Bonchev–Trinajstić information content (AvgIpc) is 3.09. The van der Waals surface area contributed by atoms with Crippen molar-refractivity contribution in [2.75, 3.05) is 12.0 Å². The van der Waals surface area contributed by atoms with Gasteiger partial charge in [0.05, 0.1) is 30.2 Å². The predicted molar refractivity (Wildman–Crippen MR) is 114 cm³/mol. The van der Waals surface area contributed by atoms with Crippen LogP contribution in [0.4, 0.5) is 5.69 Å². The predicted octanol–water partition coefficient (Wildman–Crippen LogP) is 3.87. The largest absolute Gasteiger partial charge is 0.465 e. The van der Waals surface area contributed by atoms with Crippen LogP contribution in [0, 0.1) is 11.8 Å². The fourth-order valence-electron chi connectivity index (χ4n) is 5.82. The molecule has 7 rings (SSSR count). The zero-order chi connectivity index (χ0) is 21.3. The number of carbonyl (C=O) groups excluding carboxylic acids is 3. The van der Waals surface area contributed by atoms with E-state index < -0.39 is 17.8 Å². The highest BCUT2D eigenvalue weighted by Crippen LogP contribution is 2.61. The van der Waals surface area contributed by atoms with Crippen LogP contribution in [0.2, 0.25) is 0 Å². The standard InChI is InChI=1S/C26H19NO4/c1-31-26(30)14-7-6-8-15(13-14)27-24(28)22-20-16-9-2-3-10-17(16)21(23(22)25(27)29)19-12-5-4-11-18(19)20/h2-13,20-23H,1H3/t20?,21?,22-,23-/m1/s1. The molecule has 1 fully saturated rings. The number of imide groups is 1. The van der Waals surface area contributed by atoms with Gasteiger partial charge in [0, 0.05) is 11.8 Å². The first-order chi connectivity index (χ1) is 15.1. The average molecular weight is 409 g/mol. The van der Waals surface area contributed by atoms with Gasteiger partial charge in [-0.15, -0.1) is 0 Å². The summed E-state index contributed by atoms with van der Waals surface area (Å²) in [7, 11) is 1.31. The normalized spacial score (nSPS) is 25.1. The van der Waals surface area contributed by atoms with Gasteiger partial charge < -0.3 is 4.74 Å². The molecule has 2 atom stereocenters. The van der Waals surface area contributed by atoms with E-state index >= 15 is 0 Å². The van der Waals surface area contributed by atoms with Gasteiger partial charge in [-0.3, -0.25) is 9.59 Å². The van der Waals surface area contributed by atoms with Gasteiger partial charge in [0.1, 0.15) is 0 Å². The van der Waals surface area contributed by atoms with E-state index in [1.807, 2.05) is 24.3 Å². The van der Waals surface area contributed by atoms with Gasteiger partial charge in [-0.25, -0.2) is 9.69 Å². The summed E-state index contributed by atoms with van der Waals surface area (Å²) < 4.78 is 4.80. The van der Waals surface area contributed by atoms with E-state index in [4.69, 9.17) is 4.74 Å². The van der Waals surface area contributed by atoms with Crippen molar-refractivity contribution in [2.45, 2.75) is 11.8 Å². The Balaban J connectivity index is 1.51. The minimum absolute atomic E-state index is 0.146. The number of rotatable bonds is 2. The molecule has 1 heterocycles. The first kappa shape index (κ1) is 18.1. The Morgan fingerprint density at radius 2 is 1.23 bits per heavy atom. The molecule has 1 aliphatic heterocycles. The SMILES string of the molecule is COC(=O)c1cccc(N2C(=O)[C@@H]3C4c5ccccc5C(c5ccccc54)[C@H]3C2=O)c1. The van der Waals surface area contributed by atoms with E-state index in [0.29, 0.717) is 11.3 Å². The fourth-order valence-corrected chi connectivity index (χ4v) is 5.82. The number of carbonyl (C=O) groups is 3. The maximum absolute atomic E-state index is 13.7. The van der Waals surface area contributed by atoms with Crippen molar-refractivity contribution < 1.29 is 19.1 Å². The highest BCUT2D eigenvalue weighted by molar-refractivity contribution is 6.23. The van der Waals surface area contributed by atoms with Gasteiger partial charge in [-0.2, -0.15) is 0 Å². The van der Waals surface area contributed by atoms with Crippen LogP contribution >= 0.6 is 0 Å². The van der Waals surface area contributed by atoms with Gasteiger partial charge in [0.15, 0.2) is 0 Å². The molecule has 2 bridgehead atoms. The molecule has 3 aromatic rings. The van der Waals surface area contributed by atoms with Gasteiger partial charge in [-0.05, 0) is 40.5 Å². The molecule has 5 nitrogen and oxygen atoms in total. The number of hydrogen-bond acceptors (Lipinski definition) is 4. The minimum Gasteiger partial charge on any atom is -0.465 e. The van der Waals surface area contributed by atoms with Crippen LogP contribution in [0.5, 0.6) is 0 Å². The highest BCUT2D eigenvalue weighted by Gasteiger charge is 2.61. The molecule has 2 amide bonds. The van der Waals surface area contributed by atoms with E-state index in [2.05, 4.69) is 24.3 Å². The van der Waals surface area contributed by atoms with Gasteiger partial charge in [0.2, 0.25) is 11.8 Å². The summed E-state index contributed by atoms with van der Waals surface area (Å²) in [4.78, 5) is 40.7.